The summed E-state index contributed by atoms with van der Waals surface area (Å²) in [5.41, 5.74) is 30.2. The van der Waals surface area contributed by atoms with Crippen molar-refractivity contribution in [3.8, 4) is 11.1 Å². The predicted molar refractivity (Wildman–Crippen MR) is 397 cm³/mol. The average molecular weight is 1220 g/mol. The van der Waals surface area contributed by atoms with Gasteiger partial charge in [0.1, 0.15) is 16.7 Å². The van der Waals surface area contributed by atoms with Crippen LogP contribution in [0.3, 0.4) is 0 Å². The fourth-order valence-corrected chi connectivity index (χ4v) is 17.5. The molecule has 0 spiro atoms. The van der Waals surface area contributed by atoms with E-state index in [-0.39, 0.29) is 50.2 Å². The van der Waals surface area contributed by atoms with Gasteiger partial charge in [-0.05, 0) is 240 Å². The Kier molecular flexibility index (Phi) is 12.6. The number of benzene rings is 9. The van der Waals surface area contributed by atoms with Gasteiger partial charge in [-0.25, -0.2) is 0 Å². The Bertz CT molecular complexity index is 4910. The normalized spacial score (nSPS) is 18.7. The number of rotatable bonds is 5. The Labute approximate surface area is 553 Å². The maximum absolute atomic E-state index is 7.55. The summed E-state index contributed by atoms with van der Waals surface area (Å²) in [6.07, 6.45) is 6.80. The second-order valence-electron chi connectivity index (χ2n) is 35.0. The first kappa shape index (κ1) is 60.0. The van der Waals surface area contributed by atoms with Crippen LogP contribution in [0, 0.1) is 6.92 Å². The highest BCUT2D eigenvalue weighted by Gasteiger charge is 2.50. The molecule has 0 saturated carbocycles. The van der Waals surface area contributed by atoms with Crippen molar-refractivity contribution in [3.63, 3.8) is 0 Å². The second-order valence-corrected chi connectivity index (χ2v) is 35.0. The van der Waals surface area contributed by atoms with E-state index in [1.807, 2.05) is 0 Å². The third-order valence-electron chi connectivity index (χ3n) is 23.9. The van der Waals surface area contributed by atoms with Gasteiger partial charge in [-0.3, -0.25) is 0 Å². The molecule has 0 amide bonds. The minimum atomic E-state index is -0.295. The van der Waals surface area contributed by atoms with Gasteiger partial charge in [0, 0.05) is 73.0 Å². The second kappa shape index (κ2) is 19.6. The molecule has 0 bridgehead atoms. The van der Waals surface area contributed by atoms with Gasteiger partial charge in [0.15, 0.2) is 5.58 Å². The van der Waals surface area contributed by atoms with Gasteiger partial charge >= 0.3 is 6.85 Å². The first-order valence-corrected chi connectivity index (χ1v) is 34.8. The molecule has 0 saturated heterocycles. The molecule has 2 aliphatic heterocycles. The molecule has 3 aliphatic carbocycles. The number of anilines is 8. The Morgan fingerprint density at radius 1 is 0.398 bits per heavy atom. The molecule has 5 nitrogen and oxygen atoms in total. The van der Waals surface area contributed by atoms with E-state index in [0.29, 0.717) is 0 Å². The van der Waals surface area contributed by atoms with Crippen LogP contribution in [0.25, 0.3) is 55.0 Å². The molecule has 0 fully saturated rings. The molecule has 472 valence electrons. The zero-order valence-corrected chi connectivity index (χ0v) is 58.9. The van der Waals surface area contributed by atoms with Crippen molar-refractivity contribution in [2.75, 3.05) is 14.6 Å². The summed E-state index contributed by atoms with van der Waals surface area (Å²) in [5.74, 6) is 0. The molecule has 0 radical (unpaired) electrons. The quantitative estimate of drug-likeness (QED) is 0.161. The summed E-state index contributed by atoms with van der Waals surface area (Å²) in [6.45, 7) is 45.4. The fraction of sp³-hybridized carbons (Fsp3) is 0.379. The lowest BCUT2D eigenvalue weighted by Gasteiger charge is -2.47. The summed E-state index contributed by atoms with van der Waals surface area (Å²) >= 11 is 0. The van der Waals surface area contributed by atoms with Crippen molar-refractivity contribution in [2.24, 2.45) is 0 Å². The minimum absolute atomic E-state index is 0.00115. The number of para-hydroxylation sites is 1. The number of nitrogens with zero attached hydrogens (tertiary/aromatic N) is 3. The third-order valence-corrected chi connectivity index (χ3v) is 23.9. The van der Waals surface area contributed by atoms with Crippen LogP contribution >= 0.6 is 0 Å². The molecule has 0 atom stereocenters. The van der Waals surface area contributed by atoms with E-state index in [4.69, 9.17) is 8.83 Å². The van der Waals surface area contributed by atoms with Gasteiger partial charge in [-0.15, -0.1) is 0 Å². The Balaban J connectivity index is 1.06. The molecule has 9 aromatic carbocycles. The van der Waals surface area contributed by atoms with Crippen molar-refractivity contribution in [1.29, 1.82) is 0 Å². The van der Waals surface area contributed by atoms with E-state index in [1.54, 1.807) is 0 Å². The maximum Gasteiger partial charge on any atom is 0.333 e. The zero-order valence-electron chi connectivity index (χ0n) is 58.9. The van der Waals surface area contributed by atoms with Gasteiger partial charge in [-0.1, -0.05) is 185 Å². The van der Waals surface area contributed by atoms with E-state index in [9.17, 15) is 0 Å². The largest absolute Gasteiger partial charge is 0.456 e. The lowest BCUT2D eigenvalue weighted by molar-refractivity contribution is 0.332. The van der Waals surface area contributed by atoms with Crippen LogP contribution < -0.4 is 25.5 Å². The summed E-state index contributed by atoms with van der Waals surface area (Å²) in [5, 5.41) is 4.57. The smallest absolute Gasteiger partial charge is 0.333 e. The molecule has 5 aliphatic rings. The van der Waals surface area contributed by atoms with Crippen LogP contribution in [0.1, 0.15) is 213 Å². The van der Waals surface area contributed by atoms with Crippen molar-refractivity contribution in [1.82, 2.24) is 0 Å². The number of hydrogen-bond acceptors (Lipinski definition) is 5. The van der Waals surface area contributed by atoms with Crippen LogP contribution in [0.5, 0.6) is 0 Å². The SMILES string of the molecule is Cc1cc2c(cc1N1c3cc4oc5cc6c(cc5c4cc3B3c4c(cc5c(oc7ccccc75)c41)-c1cc(N(c4ccc(C(C)(C)C)cc4)c4ccc(C(C)(C)C)cc4)ccc1N3c1ccc3c(c1)C(C)(C)CCC3(C)C)C(C)(C)CCC6(C)C)C(C)(C)CCC2(C)C. The lowest BCUT2D eigenvalue weighted by atomic mass is 9.43. The van der Waals surface area contributed by atoms with Crippen LogP contribution in [0.4, 0.5) is 45.5 Å². The molecule has 4 heterocycles. The number of fused-ring (bicyclic) bond motifs is 14. The monoisotopic (exact) mass is 1220 g/mol. The molecular formula is C87H94BN3O2. The summed E-state index contributed by atoms with van der Waals surface area (Å²) in [4.78, 5) is 7.89. The van der Waals surface area contributed by atoms with E-state index in [1.165, 1.54) is 94.6 Å². The van der Waals surface area contributed by atoms with Crippen molar-refractivity contribution in [3.05, 3.63) is 202 Å². The fourth-order valence-electron chi connectivity index (χ4n) is 17.5. The maximum atomic E-state index is 7.55. The molecule has 2 aromatic heterocycles. The lowest BCUT2D eigenvalue weighted by Crippen LogP contribution is -2.61. The van der Waals surface area contributed by atoms with E-state index < -0.39 is 0 Å². The first-order valence-electron chi connectivity index (χ1n) is 34.8. The van der Waals surface area contributed by atoms with Gasteiger partial charge < -0.3 is 23.4 Å². The van der Waals surface area contributed by atoms with Crippen molar-refractivity contribution >= 4 is 107 Å². The van der Waals surface area contributed by atoms with Crippen LogP contribution in [0.15, 0.2) is 160 Å². The van der Waals surface area contributed by atoms with Gasteiger partial charge in [0.05, 0.1) is 5.69 Å². The number of furan rings is 2. The van der Waals surface area contributed by atoms with Gasteiger partial charge in [-0.2, -0.15) is 0 Å². The molecule has 6 heteroatoms. The molecular weight excluding hydrogens is 1130 g/mol. The first-order chi connectivity index (χ1) is 43.7. The zero-order chi connectivity index (χ0) is 65.4. The Morgan fingerprint density at radius 2 is 0.903 bits per heavy atom. The summed E-state index contributed by atoms with van der Waals surface area (Å²) in [7, 11) is 0. The van der Waals surface area contributed by atoms with Crippen LogP contribution in [0.2, 0.25) is 0 Å². The van der Waals surface area contributed by atoms with E-state index >= 15 is 0 Å². The molecule has 16 rings (SSSR count). The summed E-state index contributed by atoms with van der Waals surface area (Å²) < 4.78 is 15.0. The molecule has 0 N–H and O–H groups in total. The highest BCUT2D eigenvalue weighted by atomic mass is 16.3. The van der Waals surface area contributed by atoms with Gasteiger partial charge in [0.2, 0.25) is 0 Å². The van der Waals surface area contributed by atoms with E-state index in [2.05, 4.69) is 298 Å². The topological polar surface area (TPSA) is 36.0 Å². The molecule has 93 heavy (non-hydrogen) atoms. The van der Waals surface area contributed by atoms with Crippen LogP contribution in [-0.2, 0) is 43.3 Å². The third kappa shape index (κ3) is 9.05. The van der Waals surface area contributed by atoms with Crippen molar-refractivity contribution < 1.29 is 8.83 Å². The average Bonchev–Trinajstić information content (AvgIpc) is 1.67. The standard InChI is InChI=1S/C87H94BN3O2/c1-51-42-65-68(86(16,17)40-38-83(65,10)11)48-72(51)90-73-50-76-61(60-46-67-69(49-75(60)92-76)87(18,19)41-39-85(67,14)15)47-70(73)88-77-62(45-63-58-22-20-21-23-74(58)93-79(63)78(77)90)59-43-56(33-35-71(59)91(88)57-32-34-64-66(44-57)84(12,13)37-36-82(64,8)9)89(54-28-24-52(25-29-54)80(2,3)4)55-30-26-53(27-31-55)81(5,6)7/h20-35,42-50H,36-41H2,1-19H3. The van der Waals surface area contributed by atoms with Crippen molar-refractivity contribution in [2.45, 2.75) is 213 Å². The minimum Gasteiger partial charge on any atom is -0.456 e. The van der Waals surface area contributed by atoms with E-state index in [0.717, 1.165) is 105 Å². The molecule has 11 aromatic rings. The Morgan fingerprint density at radius 3 is 1.49 bits per heavy atom. The number of hydrogen-bond donors (Lipinski definition) is 0. The highest BCUT2D eigenvalue weighted by Crippen LogP contribution is 2.57. The predicted octanol–water partition coefficient (Wildman–Crippen LogP) is 23.6. The molecule has 0 unspecified atom stereocenters. The van der Waals surface area contributed by atoms with Gasteiger partial charge in [0.25, 0.3) is 0 Å². The summed E-state index contributed by atoms with van der Waals surface area (Å²) in [6, 6.07) is 59.9. The Hall–Kier alpha value is -7.96. The van der Waals surface area contributed by atoms with Crippen LogP contribution in [-0.4, -0.2) is 6.85 Å². The number of aryl methyl sites for hydroxylation is 1. The highest BCUT2D eigenvalue weighted by molar-refractivity contribution is 6.94.